The van der Waals surface area contributed by atoms with E-state index in [-0.39, 0.29) is 5.78 Å². The van der Waals surface area contributed by atoms with Crippen LogP contribution in [0.5, 0.6) is 5.75 Å². The molecule has 0 aliphatic heterocycles. The van der Waals surface area contributed by atoms with Crippen molar-refractivity contribution in [3.05, 3.63) is 47.3 Å². The number of hydrogen-bond acceptors (Lipinski definition) is 3. The molecule has 0 saturated carbocycles. The highest BCUT2D eigenvalue weighted by molar-refractivity contribution is 6.11. The van der Waals surface area contributed by atoms with Crippen molar-refractivity contribution in [1.29, 1.82) is 0 Å². The summed E-state index contributed by atoms with van der Waals surface area (Å²) >= 11 is 0. The number of methoxy groups -OCH3 is 1. The molecular formula is C13H14N2O2. The second-order valence-corrected chi connectivity index (χ2v) is 3.83. The van der Waals surface area contributed by atoms with Crippen molar-refractivity contribution in [2.75, 3.05) is 7.11 Å². The molecule has 0 aliphatic carbocycles. The van der Waals surface area contributed by atoms with Crippen molar-refractivity contribution in [3.8, 4) is 5.75 Å². The van der Waals surface area contributed by atoms with Crippen LogP contribution in [0, 0.1) is 6.92 Å². The largest absolute Gasteiger partial charge is 0.496 e. The molecule has 88 valence electrons. The van der Waals surface area contributed by atoms with E-state index in [2.05, 4.69) is 5.10 Å². The van der Waals surface area contributed by atoms with Crippen molar-refractivity contribution in [3.63, 3.8) is 0 Å². The minimum Gasteiger partial charge on any atom is -0.496 e. The average Bonchev–Trinajstić information content (AvgIpc) is 2.67. The number of para-hydroxylation sites is 1. The predicted octanol–water partition coefficient (Wildman–Crippen LogP) is 1.97. The van der Waals surface area contributed by atoms with E-state index in [4.69, 9.17) is 4.74 Å². The molecule has 1 aromatic heterocycles. The molecule has 4 nitrogen and oxygen atoms in total. The quantitative estimate of drug-likeness (QED) is 0.757. The van der Waals surface area contributed by atoms with Crippen LogP contribution in [-0.2, 0) is 7.05 Å². The maximum Gasteiger partial charge on any atom is 0.200 e. The van der Waals surface area contributed by atoms with Crippen LogP contribution < -0.4 is 4.74 Å². The molecule has 4 heteroatoms. The molecule has 0 unspecified atom stereocenters. The van der Waals surface area contributed by atoms with E-state index in [1.807, 2.05) is 19.1 Å². The number of hydrogen-bond donors (Lipinski definition) is 0. The van der Waals surface area contributed by atoms with Crippen LogP contribution in [-0.4, -0.2) is 22.7 Å². The summed E-state index contributed by atoms with van der Waals surface area (Å²) in [7, 11) is 3.36. The molecule has 1 heterocycles. The van der Waals surface area contributed by atoms with Crippen LogP contribution in [0.15, 0.2) is 30.5 Å². The highest BCUT2D eigenvalue weighted by atomic mass is 16.5. The second-order valence-electron chi connectivity index (χ2n) is 3.83. The van der Waals surface area contributed by atoms with Gasteiger partial charge in [0, 0.05) is 13.2 Å². The first-order chi connectivity index (χ1) is 8.13. The zero-order chi connectivity index (χ0) is 12.4. The number of ketones is 1. The first-order valence-corrected chi connectivity index (χ1v) is 5.31. The highest BCUT2D eigenvalue weighted by Gasteiger charge is 2.17. The lowest BCUT2D eigenvalue weighted by Gasteiger charge is -2.06. The number of aryl methyl sites for hydroxylation is 2. The summed E-state index contributed by atoms with van der Waals surface area (Å²) < 4.78 is 6.82. The van der Waals surface area contributed by atoms with Crippen LogP contribution in [0.25, 0.3) is 0 Å². The second kappa shape index (κ2) is 4.41. The number of rotatable bonds is 3. The van der Waals surface area contributed by atoms with Crippen molar-refractivity contribution >= 4 is 5.78 Å². The van der Waals surface area contributed by atoms with Crippen LogP contribution >= 0.6 is 0 Å². The summed E-state index contributed by atoms with van der Waals surface area (Å²) in [6.45, 7) is 1.82. The first-order valence-electron chi connectivity index (χ1n) is 5.31. The number of benzene rings is 1. The van der Waals surface area contributed by atoms with E-state index in [1.165, 1.54) is 0 Å². The van der Waals surface area contributed by atoms with Gasteiger partial charge in [0.1, 0.15) is 5.75 Å². The lowest BCUT2D eigenvalue weighted by molar-refractivity contribution is 0.103. The molecule has 0 atom stereocenters. The summed E-state index contributed by atoms with van der Waals surface area (Å²) in [5.74, 6) is 0.522. The normalized spacial score (nSPS) is 10.3. The maximum atomic E-state index is 12.3. The van der Waals surface area contributed by atoms with E-state index in [0.29, 0.717) is 16.9 Å². The van der Waals surface area contributed by atoms with Gasteiger partial charge < -0.3 is 4.74 Å². The van der Waals surface area contributed by atoms with Crippen molar-refractivity contribution < 1.29 is 9.53 Å². The Kier molecular flexibility index (Phi) is 2.95. The lowest BCUT2D eigenvalue weighted by Crippen LogP contribution is -2.04. The fourth-order valence-corrected chi connectivity index (χ4v) is 1.80. The van der Waals surface area contributed by atoms with Crippen molar-refractivity contribution in [2.24, 2.45) is 7.05 Å². The van der Waals surface area contributed by atoms with Gasteiger partial charge in [-0.25, -0.2) is 0 Å². The number of nitrogens with zero attached hydrogens (tertiary/aromatic N) is 2. The Labute approximate surface area is 99.8 Å². The van der Waals surface area contributed by atoms with E-state index >= 15 is 0 Å². The summed E-state index contributed by atoms with van der Waals surface area (Å²) in [5.41, 5.74) is 1.89. The van der Waals surface area contributed by atoms with E-state index in [0.717, 1.165) is 5.69 Å². The number of carbonyl (C=O) groups excluding carboxylic acids is 1. The molecule has 0 saturated heterocycles. The minimum absolute atomic E-state index is 0.0620. The first kappa shape index (κ1) is 11.4. The monoisotopic (exact) mass is 230 g/mol. The molecular weight excluding hydrogens is 216 g/mol. The van der Waals surface area contributed by atoms with Gasteiger partial charge in [-0.15, -0.1) is 0 Å². The Bertz CT molecular complexity index is 558. The molecule has 1 aromatic carbocycles. The van der Waals surface area contributed by atoms with Crippen LogP contribution in [0.3, 0.4) is 0 Å². The fraction of sp³-hybridized carbons (Fsp3) is 0.231. The predicted molar refractivity (Wildman–Crippen MR) is 64.4 cm³/mol. The van der Waals surface area contributed by atoms with Gasteiger partial charge in [-0.2, -0.15) is 5.10 Å². The van der Waals surface area contributed by atoms with Crippen LogP contribution in [0.4, 0.5) is 0 Å². The summed E-state index contributed by atoms with van der Waals surface area (Å²) in [6, 6.07) is 7.19. The molecule has 0 amide bonds. The summed E-state index contributed by atoms with van der Waals surface area (Å²) in [6.07, 6.45) is 1.73. The van der Waals surface area contributed by atoms with E-state index in [1.54, 1.807) is 37.2 Å². The molecule has 0 spiro atoms. The average molecular weight is 230 g/mol. The van der Waals surface area contributed by atoms with Gasteiger partial charge in [-0.3, -0.25) is 9.48 Å². The van der Waals surface area contributed by atoms with E-state index < -0.39 is 0 Å². The lowest BCUT2D eigenvalue weighted by atomic mass is 10.0. The Morgan fingerprint density at radius 1 is 1.29 bits per heavy atom. The Morgan fingerprint density at radius 2 is 2.00 bits per heavy atom. The summed E-state index contributed by atoms with van der Waals surface area (Å²) in [4.78, 5) is 12.3. The smallest absolute Gasteiger partial charge is 0.200 e. The zero-order valence-corrected chi connectivity index (χ0v) is 10.1. The number of ether oxygens (including phenoxy) is 1. The zero-order valence-electron chi connectivity index (χ0n) is 10.1. The van der Waals surface area contributed by atoms with Gasteiger partial charge in [0.25, 0.3) is 0 Å². The van der Waals surface area contributed by atoms with Crippen molar-refractivity contribution in [1.82, 2.24) is 9.78 Å². The number of aromatic nitrogens is 2. The van der Waals surface area contributed by atoms with Gasteiger partial charge in [-0.05, 0) is 19.1 Å². The van der Waals surface area contributed by atoms with Crippen molar-refractivity contribution in [2.45, 2.75) is 6.92 Å². The van der Waals surface area contributed by atoms with Gasteiger partial charge in [0.2, 0.25) is 0 Å². The Morgan fingerprint density at radius 3 is 2.59 bits per heavy atom. The van der Waals surface area contributed by atoms with Gasteiger partial charge >= 0.3 is 0 Å². The third kappa shape index (κ3) is 2.06. The third-order valence-corrected chi connectivity index (χ3v) is 2.61. The molecule has 2 rings (SSSR count). The van der Waals surface area contributed by atoms with E-state index in [9.17, 15) is 4.79 Å². The molecule has 17 heavy (non-hydrogen) atoms. The maximum absolute atomic E-state index is 12.3. The Balaban J connectivity index is 2.47. The summed E-state index contributed by atoms with van der Waals surface area (Å²) in [5, 5.41) is 4.17. The molecule has 0 aliphatic rings. The topological polar surface area (TPSA) is 44.1 Å². The fourth-order valence-electron chi connectivity index (χ4n) is 1.80. The Hall–Kier alpha value is -2.10. The van der Waals surface area contributed by atoms with Crippen LogP contribution in [0.2, 0.25) is 0 Å². The molecule has 2 aromatic rings. The third-order valence-electron chi connectivity index (χ3n) is 2.61. The molecule has 0 fully saturated rings. The highest BCUT2D eigenvalue weighted by Crippen LogP contribution is 2.21. The van der Waals surface area contributed by atoms with Crippen LogP contribution in [0.1, 0.15) is 21.6 Å². The standard InChI is InChI=1S/C13H14N2O2/c1-9-11(8-15(2)14-9)13(16)10-6-4-5-7-12(10)17-3/h4-8H,1-3H3. The SMILES string of the molecule is COc1ccccc1C(=O)c1cn(C)nc1C. The van der Waals surface area contributed by atoms with Gasteiger partial charge in [0.05, 0.1) is 23.9 Å². The van der Waals surface area contributed by atoms with Gasteiger partial charge in [0.15, 0.2) is 5.78 Å². The molecule has 0 radical (unpaired) electrons. The van der Waals surface area contributed by atoms with Gasteiger partial charge in [-0.1, -0.05) is 12.1 Å². The molecule has 0 N–H and O–H groups in total. The minimum atomic E-state index is -0.0620. The number of carbonyl (C=O) groups is 1. The molecule has 0 bridgehead atoms.